The highest BCUT2D eigenvalue weighted by Gasteiger charge is 2.33. The van der Waals surface area contributed by atoms with Crippen molar-refractivity contribution < 1.29 is 8.42 Å². The summed E-state index contributed by atoms with van der Waals surface area (Å²) in [6.45, 7) is 8.33. The Kier molecular flexibility index (Phi) is 5.41. The molecule has 0 amide bonds. The Bertz CT molecular complexity index is 571. The van der Waals surface area contributed by atoms with Crippen molar-refractivity contribution in [2.45, 2.75) is 44.6 Å². The van der Waals surface area contributed by atoms with E-state index in [2.05, 4.69) is 19.2 Å². The highest BCUT2D eigenvalue weighted by Crippen LogP contribution is 2.25. The summed E-state index contributed by atoms with van der Waals surface area (Å²) in [5.41, 5.74) is 0.816. The lowest BCUT2D eigenvalue weighted by molar-refractivity contribution is 0.220. The van der Waals surface area contributed by atoms with Crippen molar-refractivity contribution in [3.05, 3.63) is 29.8 Å². The number of piperidine rings is 1. The Morgan fingerprint density at radius 1 is 1.33 bits per heavy atom. The Balaban J connectivity index is 2.12. The maximum Gasteiger partial charge on any atom is 0.243 e. The van der Waals surface area contributed by atoms with Gasteiger partial charge in [0, 0.05) is 19.1 Å². The first-order valence-electron chi connectivity index (χ1n) is 7.76. The first kappa shape index (κ1) is 16.5. The number of hydrogen-bond donors (Lipinski definition) is 1. The Morgan fingerprint density at radius 2 is 2.05 bits per heavy atom. The van der Waals surface area contributed by atoms with Crippen LogP contribution in [0.4, 0.5) is 0 Å². The molecule has 0 saturated carbocycles. The maximum atomic E-state index is 12.8. The summed E-state index contributed by atoms with van der Waals surface area (Å²) in [4.78, 5) is 0.442. The molecule has 2 rings (SSSR count). The Hall–Kier alpha value is -0.910. The molecule has 0 spiro atoms. The predicted molar refractivity (Wildman–Crippen MR) is 85.8 cm³/mol. The van der Waals surface area contributed by atoms with Gasteiger partial charge in [-0.1, -0.05) is 32.0 Å². The van der Waals surface area contributed by atoms with Crippen LogP contribution >= 0.6 is 0 Å². The average molecular weight is 310 g/mol. The fraction of sp³-hybridized carbons (Fsp3) is 0.625. The van der Waals surface area contributed by atoms with Gasteiger partial charge in [0.2, 0.25) is 10.0 Å². The van der Waals surface area contributed by atoms with Gasteiger partial charge in [0.15, 0.2) is 0 Å². The lowest BCUT2D eigenvalue weighted by Gasteiger charge is -2.36. The molecule has 1 N–H and O–H groups in total. The van der Waals surface area contributed by atoms with Crippen molar-refractivity contribution in [3.63, 3.8) is 0 Å². The van der Waals surface area contributed by atoms with Gasteiger partial charge in [-0.15, -0.1) is 0 Å². The zero-order valence-electron chi connectivity index (χ0n) is 13.2. The third kappa shape index (κ3) is 3.65. The lowest BCUT2D eigenvalue weighted by atomic mass is 9.95. The third-order valence-electron chi connectivity index (χ3n) is 4.24. The van der Waals surface area contributed by atoms with Crippen LogP contribution in [0.2, 0.25) is 0 Å². The molecule has 2 atom stereocenters. The minimum atomic E-state index is -3.36. The summed E-state index contributed by atoms with van der Waals surface area (Å²) in [7, 11) is -3.36. The number of rotatable bonds is 5. The van der Waals surface area contributed by atoms with E-state index in [1.54, 1.807) is 16.4 Å². The molecule has 4 nitrogen and oxygen atoms in total. The predicted octanol–water partition coefficient (Wildman–Crippen LogP) is 2.39. The van der Waals surface area contributed by atoms with Crippen LogP contribution in [0.1, 0.15) is 32.3 Å². The van der Waals surface area contributed by atoms with E-state index in [4.69, 9.17) is 0 Å². The van der Waals surface area contributed by atoms with Gasteiger partial charge in [-0.3, -0.25) is 0 Å². The maximum absolute atomic E-state index is 12.8. The van der Waals surface area contributed by atoms with E-state index in [1.165, 1.54) is 0 Å². The number of hydrogen-bond acceptors (Lipinski definition) is 3. The second-order valence-electron chi connectivity index (χ2n) is 5.96. The van der Waals surface area contributed by atoms with Gasteiger partial charge >= 0.3 is 0 Å². The SMILES string of the molecule is CCCNC1CCN(S(=O)(=O)c2ccccc2C)CC1C. The number of sulfonamides is 1. The Morgan fingerprint density at radius 3 is 2.67 bits per heavy atom. The van der Waals surface area contributed by atoms with E-state index >= 15 is 0 Å². The molecule has 1 saturated heterocycles. The topological polar surface area (TPSA) is 49.4 Å². The molecular formula is C16H26N2O2S. The highest BCUT2D eigenvalue weighted by atomic mass is 32.2. The summed E-state index contributed by atoms with van der Waals surface area (Å²) in [6.07, 6.45) is 1.99. The minimum Gasteiger partial charge on any atom is -0.314 e. The molecule has 0 radical (unpaired) electrons. The normalized spacial score (nSPS) is 24.1. The van der Waals surface area contributed by atoms with E-state index in [9.17, 15) is 8.42 Å². The summed E-state index contributed by atoms with van der Waals surface area (Å²) in [5, 5.41) is 3.52. The Labute approximate surface area is 128 Å². The molecule has 1 aliphatic heterocycles. The largest absolute Gasteiger partial charge is 0.314 e. The van der Waals surface area contributed by atoms with Crippen molar-refractivity contribution in [1.82, 2.24) is 9.62 Å². The summed E-state index contributed by atoms with van der Waals surface area (Å²) in [5.74, 6) is 0.337. The van der Waals surface area contributed by atoms with E-state index in [0.29, 0.717) is 29.9 Å². The molecular weight excluding hydrogens is 284 g/mol. The zero-order chi connectivity index (χ0) is 15.5. The van der Waals surface area contributed by atoms with Crippen LogP contribution in [-0.4, -0.2) is 38.4 Å². The number of benzene rings is 1. The van der Waals surface area contributed by atoms with E-state index < -0.39 is 10.0 Å². The van der Waals surface area contributed by atoms with Gasteiger partial charge in [-0.2, -0.15) is 4.31 Å². The first-order valence-corrected chi connectivity index (χ1v) is 9.20. The summed E-state index contributed by atoms with van der Waals surface area (Å²) in [6, 6.07) is 7.65. The monoisotopic (exact) mass is 310 g/mol. The molecule has 1 aromatic carbocycles. The van der Waals surface area contributed by atoms with Crippen LogP contribution in [0.15, 0.2) is 29.2 Å². The van der Waals surface area contributed by atoms with Crippen LogP contribution in [0.25, 0.3) is 0 Å². The molecule has 1 fully saturated rings. The molecule has 0 aliphatic carbocycles. The van der Waals surface area contributed by atoms with Crippen LogP contribution < -0.4 is 5.32 Å². The minimum absolute atomic E-state index is 0.337. The number of aryl methyl sites for hydroxylation is 1. The van der Waals surface area contributed by atoms with Crippen molar-refractivity contribution in [3.8, 4) is 0 Å². The highest BCUT2D eigenvalue weighted by molar-refractivity contribution is 7.89. The second-order valence-corrected chi connectivity index (χ2v) is 7.86. The fourth-order valence-corrected chi connectivity index (χ4v) is 4.72. The standard InChI is InChI=1S/C16H26N2O2S/c1-4-10-17-15-9-11-18(12-14(15)3)21(19,20)16-8-6-5-7-13(16)2/h5-8,14-15,17H,4,9-12H2,1-3H3. The van der Waals surface area contributed by atoms with E-state index in [-0.39, 0.29) is 0 Å². The van der Waals surface area contributed by atoms with Gasteiger partial charge in [0.25, 0.3) is 0 Å². The zero-order valence-corrected chi connectivity index (χ0v) is 14.0. The molecule has 21 heavy (non-hydrogen) atoms. The van der Waals surface area contributed by atoms with Gasteiger partial charge in [0.1, 0.15) is 0 Å². The van der Waals surface area contributed by atoms with E-state index in [1.807, 2.05) is 19.1 Å². The molecule has 1 aromatic rings. The van der Waals surface area contributed by atoms with Crippen molar-refractivity contribution in [1.29, 1.82) is 0 Å². The third-order valence-corrected chi connectivity index (χ3v) is 6.26. The molecule has 0 aromatic heterocycles. The lowest BCUT2D eigenvalue weighted by Crippen LogP contribution is -2.50. The molecule has 118 valence electrons. The summed E-state index contributed by atoms with van der Waals surface area (Å²) < 4.78 is 27.2. The van der Waals surface area contributed by atoms with Gasteiger partial charge in [-0.05, 0) is 43.9 Å². The van der Waals surface area contributed by atoms with Gasteiger partial charge in [-0.25, -0.2) is 8.42 Å². The smallest absolute Gasteiger partial charge is 0.243 e. The van der Waals surface area contributed by atoms with Crippen molar-refractivity contribution in [2.24, 2.45) is 5.92 Å². The number of nitrogens with zero attached hydrogens (tertiary/aromatic N) is 1. The van der Waals surface area contributed by atoms with Gasteiger partial charge < -0.3 is 5.32 Å². The van der Waals surface area contributed by atoms with Crippen LogP contribution in [-0.2, 0) is 10.0 Å². The molecule has 2 unspecified atom stereocenters. The second kappa shape index (κ2) is 6.90. The first-order chi connectivity index (χ1) is 9.96. The van der Waals surface area contributed by atoms with Crippen LogP contribution in [0.5, 0.6) is 0 Å². The van der Waals surface area contributed by atoms with Crippen LogP contribution in [0, 0.1) is 12.8 Å². The van der Waals surface area contributed by atoms with Crippen molar-refractivity contribution in [2.75, 3.05) is 19.6 Å². The average Bonchev–Trinajstić information content (AvgIpc) is 2.46. The fourth-order valence-electron chi connectivity index (χ4n) is 2.94. The van der Waals surface area contributed by atoms with Crippen molar-refractivity contribution >= 4 is 10.0 Å². The van der Waals surface area contributed by atoms with E-state index in [0.717, 1.165) is 24.9 Å². The van der Waals surface area contributed by atoms with Gasteiger partial charge in [0.05, 0.1) is 4.90 Å². The number of nitrogens with one attached hydrogen (secondary N) is 1. The molecule has 5 heteroatoms. The molecule has 1 heterocycles. The molecule has 1 aliphatic rings. The summed E-state index contributed by atoms with van der Waals surface area (Å²) >= 11 is 0. The molecule has 0 bridgehead atoms. The van der Waals surface area contributed by atoms with Crippen LogP contribution in [0.3, 0.4) is 0 Å². The quantitative estimate of drug-likeness (QED) is 0.908.